The highest BCUT2D eigenvalue weighted by Gasteiger charge is 2.21. The molecule has 0 unspecified atom stereocenters. The molecule has 0 radical (unpaired) electrons. The van der Waals surface area contributed by atoms with Crippen LogP contribution in [0.1, 0.15) is 0 Å². The van der Waals surface area contributed by atoms with E-state index in [1.807, 2.05) is 24.3 Å². The number of hydrogen-bond donors (Lipinski definition) is 4. The summed E-state index contributed by atoms with van der Waals surface area (Å²) in [7, 11) is 0. The van der Waals surface area contributed by atoms with Crippen molar-refractivity contribution < 1.29 is 20.4 Å². The second kappa shape index (κ2) is 5.06. The average Bonchev–Trinajstić information content (AvgIpc) is 2.58. The van der Waals surface area contributed by atoms with E-state index in [4.69, 9.17) is 0 Å². The molecule has 0 saturated heterocycles. The Balaban J connectivity index is 2.26. The Bertz CT molecular complexity index is 1010. The number of rotatable bonds is 1. The monoisotopic (exact) mass is 318 g/mol. The van der Waals surface area contributed by atoms with E-state index in [1.54, 1.807) is 24.3 Å². The zero-order chi connectivity index (χ0) is 16.8. The number of fused-ring (bicyclic) bond motifs is 2. The van der Waals surface area contributed by atoms with Crippen LogP contribution in [0.5, 0.6) is 23.0 Å². The first-order chi connectivity index (χ1) is 11.6. The summed E-state index contributed by atoms with van der Waals surface area (Å²) in [5.41, 5.74) is 0.574. The molecule has 0 aliphatic carbocycles. The lowest BCUT2D eigenvalue weighted by molar-refractivity contribution is 0.401. The van der Waals surface area contributed by atoms with E-state index in [1.165, 1.54) is 12.1 Å². The van der Waals surface area contributed by atoms with Crippen molar-refractivity contribution in [3.63, 3.8) is 0 Å². The van der Waals surface area contributed by atoms with Gasteiger partial charge in [-0.15, -0.1) is 0 Å². The molecule has 118 valence electrons. The lowest BCUT2D eigenvalue weighted by atomic mass is 9.91. The highest BCUT2D eigenvalue weighted by atomic mass is 16.3. The van der Waals surface area contributed by atoms with E-state index in [0.29, 0.717) is 10.8 Å². The summed E-state index contributed by atoms with van der Waals surface area (Å²) in [6.45, 7) is 0. The second-order valence-electron chi connectivity index (χ2n) is 5.68. The minimum absolute atomic E-state index is 0.282. The van der Waals surface area contributed by atoms with E-state index in [-0.39, 0.29) is 34.1 Å². The first kappa shape index (κ1) is 14.2. The van der Waals surface area contributed by atoms with E-state index in [2.05, 4.69) is 0 Å². The molecular formula is C20H14O4. The van der Waals surface area contributed by atoms with Gasteiger partial charge < -0.3 is 20.4 Å². The van der Waals surface area contributed by atoms with Crippen LogP contribution in [0.15, 0.2) is 60.7 Å². The molecule has 0 bridgehead atoms. The van der Waals surface area contributed by atoms with Gasteiger partial charge in [0.25, 0.3) is 0 Å². The Labute approximate surface area is 137 Å². The third-order valence-corrected chi connectivity index (χ3v) is 4.25. The SMILES string of the molecule is Oc1cc2ccccc2c(-c2c(O)c(O)cc3ccccc23)c1O. The van der Waals surface area contributed by atoms with Gasteiger partial charge in [-0.3, -0.25) is 0 Å². The fourth-order valence-electron chi connectivity index (χ4n) is 3.15. The normalized spacial score (nSPS) is 11.2. The molecule has 4 rings (SSSR count). The summed E-state index contributed by atoms with van der Waals surface area (Å²) >= 11 is 0. The van der Waals surface area contributed by atoms with Crippen LogP contribution < -0.4 is 0 Å². The average molecular weight is 318 g/mol. The maximum Gasteiger partial charge on any atom is 0.166 e. The summed E-state index contributed by atoms with van der Waals surface area (Å²) in [6, 6.07) is 17.4. The molecule has 4 N–H and O–H groups in total. The molecule has 0 fully saturated rings. The van der Waals surface area contributed by atoms with Gasteiger partial charge in [0, 0.05) is 11.1 Å². The summed E-state index contributed by atoms with van der Waals surface area (Å²) in [6.07, 6.45) is 0. The number of phenolic OH excluding ortho intramolecular Hbond substituents is 4. The number of aromatic hydroxyl groups is 4. The number of phenols is 4. The van der Waals surface area contributed by atoms with Crippen molar-refractivity contribution in [1.29, 1.82) is 0 Å². The van der Waals surface area contributed by atoms with Crippen LogP contribution in [0.3, 0.4) is 0 Å². The van der Waals surface area contributed by atoms with Gasteiger partial charge in [-0.2, -0.15) is 0 Å². The highest BCUT2D eigenvalue weighted by molar-refractivity contribution is 6.11. The lowest BCUT2D eigenvalue weighted by Crippen LogP contribution is -1.88. The fourth-order valence-corrected chi connectivity index (χ4v) is 3.15. The molecule has 4 aromatic rings. The van der Waals surface area contributed by atoms with E-state index < -0.39 is 0 Å². The maximum atomic E-state index is 10.5. The smallest absolute Gasteiger partial charge is 0.166 e. The van der Waals surface area contributed by atoms with Crippen molar-refractivity contribution in [3.05, 3.63) is 60.7 Å². The highest BCUT2D eigenvalue weighted by Crippen LogP contribution is 2.50. The van der Waals surface area contributed by atoms with E-state index in [9.17, 15) is 20.4 Å². The van der Waals surface area contributed by atoms with Crippen LogP contribution in [-0.4, -0.2) is 20.4 Å². The molecule has 0 aliphatic heterocycles. The van der Waals surface area contributed by atoms with Crippen molar-refractivity contribution >= 4 is 21.5 Å². The van der Waals surface area contributed by atoms with E-state index in [0.717, 1.165) is 10.8 Å². The van der Waals surface area contributed by atoms with Crippen LogP contribution in [0.25, 0.3) is 32.7 Å². The molecule has 0 aliphatic rings. The van der Waals surface area contributed by atoms with Gasteiger partial charge in [-0.25, -0.2) is 0 Å². The first-order valence-electron chi connectivity index (χ1n) is 7.45. The Morgan fingerprint density at radius 2 is 0.875 bits per heavy atom. The Morgan fingerprint density at radius 3 is 1.29 bits per heavy atom. The lowest BCUT2D eigenvalue weighted by Gasteiger charge is -2.15. The molecule has 4 nitrogen and oxygen atoms in total. The second-order valence-corrected chi connectivity index (χ2v) is 5.68. The van der Waals surface area contributed by atoms with Gasteiger partial charge in [0.15, 0.2) is 23.0 Å². The largest absolute Gasteiger partial charge is 0.504 e. The van der Waals surface area contributed by atoms with Gasteiger partial charge in [0.2, 0.25) is 0 Å². The van der Waals surface area contributed by atoms with Crippen LogP contribution in [-0.2, 0) is 0 Å². The molecule has 24 heavy (non-hydrogen) atoms. The summed E-state index contributed by atoms with van der Waals surface area (Å²) in [4.78, 5) is 0. The van der Waals surface area contributed by atoms with Crippen molar-refractivity contribution in [2.24, 2.45) is 0 Å². The summed E-state index contributed by atoms with van der Waals surface area (Å²) < 4.78 is 0. The zero-order valence-corrected chi connectivity index (χ0v) is 12.6. The Kier molecular flexibility index (Phi) is 3.00. The summed E-state index contributed by atoms with van der Waals surface area (Å²) in [5.74, 6) is -1.23. The summed E-state index contributed by atoms with van der Waals surface area (Å²) in [5, 5.41) is 43.9. The number of hydrogen-bond acceptors (Lipinski definition) is 4. The Morgan fingerprint density at radius 1 is 0.500 bits per heavy atom. The Hall–Kier alpha value is -3.40. The molecular weight excluding hydrogens is 304 g/mol. The standard InChI is InChI=1S/C20H14O4/c21-15-9-11-5-1-3-7-13(11)17(19(15)23)18-14-8-4-2-6-12(14)10-16(22)20(18)24/h1-10,21-24H. The quantitative estimate of drug-likeness (QED) is 0.390. The third kappa shape index (κ3) is 1.93. The van der Waals surface area contributed by atoms with Crippen LogP contribution in [0, 0.1) is 0 Å². The minimum Gasteiger partial charge on any atom is -0.504 e. The zero-order valence-electron chi connectivity index (χ0n) is 12.6. The van der Waals surface area contributed by atoms with Gasteiger partial charge >= 0.3 is 0 Å². The molecule has 0 amide bonds. The van der Waals surface area contributed by atoms with Crippen molar-refractivity contribution in [1.82, 2.24) is 0 Å². The first-order valence-corrected chi connectivity index (χ1v) is 7.45. The minimum atomic E-state index is -0.334. The van der Waals surface area contributed by atoms with Crippen LogP contribution in [0.4, 0.5) is 0 Å². The van der Waals surface area contributed by atoms with Gasteiger partial charge in [0.1, 0.15) is 0 Å². The van der Waals surface area contributed by atoms with Gasteiger partial charge in [-0.05, 0) is 33.7 Å². The molecule has 0 atom stereocenters. The van der Waals surface area contributed by atoms with Gasteiger partial charge in [0.05, 0.1) is 0 Å². The predicted octanol–water partition coefficient (Wildman–Crippen LogP) is 4.48. The molecule has 4 heteroatoms. The van der Waals surface area contributed by atoms with Crippen LogP contribution in [0.2, 0.25) is 0 Å². The predicted molar refractivity (Wildman–Crippen MR) is 93.5 cm³/mol. The van der Waals surface area contributed by atoms with Crippen molar-refractivity contribution in [2.75, 3.05) is 0 Å². The molecule has 0 heterocycles. The van der Waals surface area contributed by atoms with Crippen molar-refractivity contribution in [3.8, 4) is 34.1 Å². The van der Waals surface area contributed by atoms with Crippen molar-refractivity contribution in [2.45, 2.75) is 0 Å². The van der Waals surface area contributed by atoms with Gasteiger partial charge in [-0.1, -0.05) is 48.5 Å². The molecule has 4 aromatic carbocycles. The maximum absolute atomic E-state index is 10.5. The van der Waals surface area contributed by atoms with E-state index >= 15 is 0 Å². The number of benzene rings is 4. The topological polar surface area (TPSA) is 80.9 Å². The molecule has 0 spiro atoms. The molecule has 0 aromatic heterocycles. The fraction of sp³-hybridized carbons (Fsp3) is 0. The van der Waals surface area contributed by atoms with Crippen LogP contribution >= 0.6 is 0 Å². The third-order valence-electron chi connectivity index (χ3n) is 4.25. The molecule has 0 saturated carbocycles.